The van der Waals surface area contributed by atoms with Gasteiger partial charge in [0.1, 0.15) is 11.5 Å². The number of halogens is 1. The van der Waals surface area contributed by atoms with E-state index in [-0.39, 0.29) is 30.9 Å². The maximum atomic E-state index is 13.4. The minimum absolute atomic E-state index is 0.0117. The maximum absolute atomic E-state index is 13.4. The maximum Gasteiger partial charge on any atom is 0.354 e. The zero-order valence-corrected chi connectivity index (χ0v) is 21.4. The number of aryl methyl sites for hydroxylation is 1. The van der Waals surface area contributed by atoms with Crippen LogP contribution in [0.1, 0.15) is 45.2 Å². The molecule has 1 aromatic heterocycles. The second-order valence-electron chi connectivity index (χ2n) is 8.80. The molecule has 9 heteroatoms. The normalized spacial score (nSPS) is 12.7. The molecule has 0 saturated heterocycles. The molecule has 0 aliphatic carbocycles. The number of benzene rings is 2. The first kappa shape index (κ1) is 26.2. The number of rotatable bonds is 10. The molecule has 1 heterocycles. The van der Waals surface area contributed by atoms with Crippen molar-refractivity contribution in [2.45, 2.75) is 60.2 Å². The van der Waals surface area contributed by atoms with Gasteiger partial charge in [-0.05, 0) is 51.0 Å². The summed E-state index contributed by atoms with van der Waals surface area (Å²) in [6, 6.07) is 12.9. The van der Waals surface area contributed by atoms with Crippen LogP contribution in [0.2, 0.25) is 5.02 Å². The minimum Gasteiger partial charge on any atom is -0.489 e. The first-order valence-corrected chi connectivity index (χ1v) is 12.0. The van der Waals surface area contributed by atoms with E-state index in [9.17, 15) is 14.4 Å². The second kappa shape index (κ2) is 11.4. The molecule has 1 N–H and O–H groups in total. The van der Waals surface area contributed by atoms with Crippen LogP contribution in [0.5, 0.6) is 5.75 Å². The number of carbonyl (C=O) groups is 1. The Bertz CT molecular complexity index is 1310. The lowest BCUT2D eigenvalue weighted by atomic mass is 10.1. The molecule has 0 fully saturated rings. The Hall–Kier alpha value is -3.39. The van der Waals surface area contributed by atoms with Gasteiger partial charge in [0.25, 0.3) is 0 Å². The number of nitrogens with one attached hydrogen (secondary N) is 1. The summed E-state index contributed by atoms with van der Waals surface area (Å²) < 4.78 is 8.20. The molecule has 0 spiro atoms. The number of aromatic nitrogens is 3. The summed E-state index contributed by atoms with van der Waals surface area (Å²) in [5, 5.41) is 3.45. The molecule has 2 atom stereocenters. The number of hydrogen-bond donors (Lipinski definition) is 1. The molecule has 35 heavy (non-hydrogen) atoms. The lowest BCUT2D eigenvalue weighted by molar-refractivity contribution is -0.120. The molecule has 3 rings (SSSR count). The van der Waals surface area contributed by atoms with Crippen LogP contribution in [0, 0.1) is 12.8 Å². The van der Waals surface area contributed by atoms with E-state index in [1.807, 2.05) is 45.0 Å². The zero-order valence-electron chi connectivity index (χ0n) is 20.7. The Labute approximate surface area is 209 Å². The van der Waals surface area contributed by atoms with Crippen LogP contribution in [0.3, 0.4) is 0 Å². The highest BCUT2D eigenvalue weighted by atomic mass is 35.5. The third-order valence-corrected chi connectivity index (χ3v) is 6.15. The molecule has 186 valence electrons. The standard InChI is InChI=1S/C26H31ClN4O4/c1-6-18(4)35-23-12-11-21(13-22(23)27)28-24-29-25(33)31(14-17(3)19(5)32)26(34)30(24)15-20-9-7-16(2)8-10-20/h7-13,17-18H,6,14-15H2,1-5H3,(H,28,29,33)/t17-,18+/m0/s1. The summed E-state index contributed by atoms with van der Waals surface area (Å²) >= 11 is 6.40. The molecule has 0 saturated carbocycles. The highest BCUT2D eigenvalue weighted by Gasteiger charge is 2.18. The van der Waals surface area contributed by atoms with Crippen LogP contribution in [0.4, 0.5) is 11.6 Å². The summed E-state index contributed by atoms with van der Waals surface area (Å²) in [7, 11) is 0. The molecular weight excluding hydrogens is 468 g/mol. The molecule has 0 aliphatic rings. The molecular formula is C26H31ClN4O4. The van der Waals surface area contributed by atoms with E-state index in [1.54, 1.807) is 25.1 Å². The third kappa shape index (κ3) is 6.60. The van der Waals surface area contributed by atoms with E-state index in [0.717, 1.165) is 22.1 Å². The van der Waals surface area contributed by atoms with Crippen molar-refractivity contribution in [3.8, 4) is 5.75 Å². The van der Waals surface area contributed by atoms with Crippen molar-refractivity contribution in [2.24, 2.45) is 5.92 Å². The van der Waals surface area contributed by atoms with Gasteiger partial charge in [-0.25, -0.2) is 14.2 Å². The topological polar surface area (TPSA) is 95.2 Å². The number of anilines is 2. The van der Waals surface area contributed by atoms with Gasteiger partial charge in [-0.15, -0.1) is 0 Å². The lowest BCUT2D eigenvalue weighted by Crippen LogP contribution is -2.44. The Morgan fingerprint density at radius 1 is 1.11 bits per heavy atom. The molecule has 3 aromatic rings. The summed E-state index contributed by atoms with van der Waals surface area (Å²) in [6.45, 7) is 9.21. The summed E-state index contributed by atoms with van der Waals surface area (Å²) in [6.07, 6.45) is 0.849. The van der Waals surface area contributed by atoms with E-state index in [4.69, 9.17) is 16.3 Å². The number of ketones is 1. The Morgan fingerprint density at radius 3 is 2.40 bits per heavy atom. The van der Waals surface area contributed by atoms with Crippen molar-refractivity contribution in [3.05, 3.63) is 79.6 Å². The molecule has 0 aliphatic heterocycles. The Balaban J connectivity index is 2.03. The van der Waals surface area contributed by atoms with Gasteiger partial charge in [0, 0.05) is 18.2 Å². The van der Waals surface area contributed by atoms with E-state index in [2.05, 4.69) is 10.3 Å². The van der Waals surface area contributed by atoms with E-state index >= 15 is 0 Å². The van der Waals surface area contributed by atoms with Crippen molar-refractivity contribution in [1.82, 2.24) is 14.1 Å². The highest BCUT2D eigenvalue weighted by Crippen LogP contribution is 2.29. The lowest BCUT2D eigenvalue weighted by Gasteiger charge is -2.18. The minimum atomic E-state index is -0.728. The first-order valence-electron chi connectivity index (χ1n) is 11.6. The van der Waals surface area contributed by atoms with Gasteiger partial charge < -0.3 is 10.1 Å². The predicted molar refractivity (Wildman–Crippen MR) is 138 cm³/mol. The van der Waals surface area contributed by atoms with Gasteiger partial charge in [-0.3, -0.25) is 9.36 Å². The Kier molecular flexibility index (Phi) is 8.51. The molecule has 2 aromatic carbocycles. The van der Waals surface area contributed by atoms with E-state index < -0.39 is 17.3 Å². The van der Waals surface area contributed by atoms with E-state index in [1.165, 1.54) is 11.5 Å². The number of carbonyl (C=O) groups excluding carboxylic acids is 1. The second-order valence-corrected chi connectivity index (χ2v) is 9.21. The van der Waals surface area contributed by atoms with Gasteiger partial charge >= 0.3 is 11.4 Å². The Morgan fingerprint density at radius 2 is 1.80 bits per heavy atom. The monoisotopic (exact) mass is 498 g/mol. The van der Waals surface area contributed by atoms with Crippen LogP contribution in [-0.4, -0.2) is 26.0 Å². The summed E-state index contributed by atoms with van der Waals surface area (Å²) in [4.78, 5) is 42.1. The van der Waals surface area contributed by atoms with Gasteiger partial charge in [-0.2, -0.15) is 4.98 Å². The average Bonchev–Trinajstić information content (AvgIpc) is 2.81. The van der Waals surface area contributed by atoms with Crippen LogP contribution in [0.25, 0.3) is 0 Å². The van der Waals surface area contributed by atoms with Gasteiger partial charge in [-0.1, -0.05) is 55.3 Å². The molecule has 0 bridgehead atoms. The number of hydrogen-bond acceptors (Lipinski definition) is 6. The summed E-state index contributed by atoms with van der Waals surface area (Å²) in [5.74, 6) is 0.0211. The van der Waals surface area contributed by atoms with Crippen LogP contribution in [0.15, 0.2) is 52.1 Å². The zero-order chi connectivity index (χ0) is 25.7. The van der Waals surface area contributed by atoms with Crippen molar-refractivity contribution < 1.29 is 9.53 Å². The predicted octanol–water partition coefficient (Wildman–Crippen LogP) is 4.56. The summed E-state index contributed by atoms with van der Waals surface area (Å²) in [5.41, 5.74) is 1.22. The smallest absolute Gasteiger partial charge is 0.354 e. The molecule has 0 unspecified atom stereocenters. The van der Waals surface area contributed by atoms with Gasteiger partial charge in [0.05, 0.1) is 17.7 Å². The average molecular weight is 499 g/mol. The van der Waals surface area contributed by atoms with Crippen LogP contribution < -0.4 is 21.4 Å². The van der Waals surface area contributed by atoms with Gasteiger partial charge in [0.15, 0.2) is 0 Å². The molecule has 0 radical (unpaired) electrons. The number of Topliss-reactive ketones (excluding diaryl/α,β-unsaturated/α-hetero) is 1. The SMILES string of the molecule is CC[C@@H](C)Oc1ccc(Nc2nc(=O)n(C[C@H](C)C(C)=O)c(=O)n2Cc2ccc(C)cc2)cc1Cl. The quantitative estimate of drug-likeness (QED) is 0.440. The van der Waals surface area contributed by atoms with Gasteiger partial charge in [0.2, 0.25) is 5.95 Å². The van der Waals surface area contributed by atoms with Crippen molar-refractivity contribution in [3.63, 3.8) is 0 Å². The van der Waals surface area contributed by atoms with Crippen molar-refractivity contribution in [1.29, 1.82) is 0 Å². The van der Waals surface area contributed by atoms with Crippen LogP contribution in [-0.2, 0) is 17.9 Å². The van der Waals surface area contributed by atoms with E-state index in [0.29, 0.717) is 16.5 Å². The van der Waals surface area contributed by atoms with Crippen molar-refractivity contribution in [2.75, 3.05) is 5.32 Å². The highest BCUT2D eigenvalue weighted by molar-refractivity contribution is 6.32. The van der Waals surface area contributed by atoms with Crippen LogP contribution >= 0.6 is 11.6 Å². The first-order chi connectivity index (χ1) is 16.6. The third-order valence-electron chi connectivity index (χ3n) is 5.85. The largest absolute Gasteiger partial charge is 0.489 e. The number of nitrogens with zero attached hydrogens (tertiary/aromatic N) is 3. The van der Waals surface area contributed by atoms with Crippen molar-refractivity contribution >= 4 is 29.0 Å². The fourth-order valence-corrected chi connectivity index (χ4v) is 3.53. The fraction of sp³-hybridized carbons (Fsp3) is 0.385. The molecule has 0 amide bonds. The molecule has 8 nitrogen and oxygen atoms in total. The number of ether oxygens (including phenoxy) is 1. The fourth-order valence-electron chi connectivity index (χ4n) is 3.31.